The second-order valence-corrected chi connectivity index (χ2v) is 4.02. The van der Waals surface area contributed by atoms with Gasteiger partial charge in [0, 0.05) is 18.5 Å². The summed E-state index contributed by atoms with van der Waals surface area (Å²) in [4.78, 5) is 29.8. The van der Waals surface area contributed by atoms with Crippen molar-refractivity contribution < 1.29 is 14.5 Å². The number of rotatable bonds is 5. The van der Waals surface area contributed by atoms with Crippen LogP contribution < -0.4 is 5.32 Å². The number of methoxy groups -OCH3 is 1. The zero-order valence-corrected chi connectivity index (χ0v) is 11.1. The summed E-state index contributed by atoms with van der Waals surface area (Å²) in [5.74, 6) is -0.611. The Hall–Kier alpha value is -3.03. The number of esters is 1. The van der Waals surface area contributed by atoms with E-state index >= 15 is 0 Å². The van der Waals surface area contributed by atoms with Crippen molar-refractivity contribution in [3.8, 4) is 0 Å². The SMILES string of the molecule is COC(=O)c1cnc(NCc2ccccn2)c([N+](=O)[O-])c1. The molecule has 0 saturated carbocycles. The van der Waals surface area contributed by atoms with Gasteiger partial charge in [0.2, 0.25) is 5.82 Å². The van der Waals surface area contributed by atoms with E-state index in [0.717, 1.165) is 6.07 Å². The molecule has 2 aromatic heterocycles. The molecule has 0 aliphatic carbocycles. The fourth-order valence-corrected chi connectivity index (χ4v) is 1.63. The smallest absolute Gasteiger partial charge is 0.339 e. The van der Waals surface area contributed by atoms with Crippen LogP contribution in [-0.4, -0.2) is 28.0 Å². The summed E-state index contributed by atoms with van der Waals surface area (Å²) in [7, 11) is 1.20. The fourth-order valence-electron chi connectivity index (χ4n) is 1.63. The van der Waals surface area contributed by atoms with Gasteiger partial charge in [-0.2, -0.15) is 0 Å². The highest BCUT2D eigenvalue weighted by Crippen LogP contribution is 2.23. The molecule has 8 heteroatoms. The Morgan fingerprint density at radius 3 is 2.86 bits per heavy atom. The molecule has 8 nitrogen and oxygen atoms in total. The zero-order valence-electron chi connectivity index (χ0n) is 11.1. The molecule has 0 aliphatic rings. The Bertz CT molecular complexity index is 660. The average molecular weight is 288 g/mol. The van der Waals surface area contributed by atoms with Crippen molar-refractivity contribution in [3.63, 3.8) is 0 Å². The van der Waals surface area contributed by atoms with Gasteiger partial charge in [-0.25, -0.2) is 9.78 Å². The first kappa shape index (κ1) is 14.4. The summed E-state index contributed by atoms with van der Waals surface area (Å²) in [5.41, 5.74) is 0.437. The maximum absolute atomic E-state index is 11.4. The number of ether oxygens (including phenoxy) is 1. The normalized spacial score (nSPS) is 9.95. The third-order valence-corrected chi connectivity index (χ3v) is 2.65. The third kappa shape index (κ3) is 3.50. The van der Waals surface area contributed by atoms with Crippen LogP contribution in [0.25, 0.3) is 0 Å². The highest BCUT2D eigenvalue weighted by atomic mass is 16.6. The van der Waals surface area contributed by atoms with E-state index in [0.29, 0.717) is 5.69 Å². The first-order valence-electron chi connectivity index (χ1n) is 5.98. The minimum atomic E-state index is -0.679. The van der Waals surface area contributed by atoms with Crippen molar-refractivity contribution in [2.75, 3.05) is 12.4 Å². The Labute approximate surface area is 120 Å². The second-order valence-electron chi connectivity index (χ2n) is 4.02. The number of aromatic nitrogens is 2. The molecule has 108 valence electrons. The van der Waals surface area contributed by atoms with Gasteiger partial charge in [-0.3, -0.25) is 15.1 Å². The summed E-state index contributed by atoms with van der Waals surface area (Å²) in [6.07, 6.45) is 2.85. The fraction of sp³-hybridized carbons (Fsp3) is 0.154. The van der Waals surface area contributed by atoms with Gasteiger partial charge < -0.3 is 10.1 Å². The molecule has 0 unspecified atom stereocenters. The topological polar surface area (TPSA) is 107 Å². The highest BCUT2D eigenvalue weighted by molar-refractivity contribution is 5.90. The quantitative estimate of drug-likeness (QED) is 0.507. The van der Waals surface area contributed by atoms with E-state index in [1.165, 1.54) is 13.3 Å². The predicted molar refractivity (Wildman–Crippen MR) is 73.8 cm³/mol. The molecule has 21 heavy (non-hydrogen) atoms. The first-order chi connectivity index (χ1) is 10.1. The van der Waals surface area contributed by atoms with Gasteiger partial charge in [-0.1, -0.05) is 6.07 Å². The van der Waals surface area contributed by atoms with Crippen molar-refractivity contribution >= 4 is 17.5 Å². The van der Waals surface area contributed by atoms with Crippen molar-refractivity contribution in [3.05, 3.63) is 58.0 Å². The zero-order chi connectivity index (χ0) is 15.2. The Morgan fingerprint density at radius 1 is 1.43 bits per heavy atom. The first-order valence-corrected chi connectivity index (χ1v) is 5.98. The number of hydrogen-bond donors (Lipinski definition) is 1. The molecular weight excluding hydrogens is 276 g/mol. The number of anilines is 1. The van der Waals surface area contributed by atoms with E-state index in [-0.39, 0.29) is 23.6 Å². The Kier molecular flexibility index (Phi) is 4.39. The summed E-state index contributed by atoms with van der Waals surface area (Å²) in [6.45, 7) is 0.284. The number of hydrogen-bond acceptors (Lipinski definition) is 7. The summed E-state index contributed by atoms with van der Waals surface area (Å²) < 4.78 is 4.51. The Morgan fingerprint density at radius 2 is 2.24 bits per heavy atom. The van der Waals surface area contributed by atoms with Crippen molar-refractivity contribution in [2.24, 2.45) is 0 Å². The molecule has 0 bridgehead atoms. The van der Waals surface area contributed by atoms with Crippen LogP contribution in [0.2, 0.25) is 0 Å². The number of carbonyl (C=O) groups excluding carboxylic acids is 1. The average Bonchev–Trinajstić information content (AvgIpc) is 2.52. The van der Waals surface area contributed by atoms with Crippen molar-refractivity contribution in [1.29, 1.82) is 0 Å². The van der Waals surface area contributed by atoms with E-state index in [9.17, 15) is 14.9 Å². The minimum Gasteiger partial charge on any atom is -0.465 e. The highest BCUT2D eigenvalue weighted by Gasteiger charge is 2.19. The van der Waals surface area contributed by atoms with E-state index in [1.54, 1.807) is 18.3 Å². The number of nitrogens with one attached hydrogen (secondary N) is 1. The van der Waals surface area contributed by atoms with Crippen LogP contribution in [0.1, 0.15) is 16.1 Å². The van der Waals surface area contributed by atoms with Crippen LogP contribution in [0.15, 0.2) is 36.7 Å². The number of pyridine rings is 2. The summed E-state index contributed by atoms with van der Waals surface area (Å²) in [6, 6.07) is 6.49. The lowest BCUT2D eigenvalue weighted by molar-refractivity contribution is -0.384. The van der Waals surface area contributed by atoms with E-state index < -0.39 is 10.9 Å². The standard InChI is InChI=1S/C13H12N4O4/c1-21-13(18)9-6-11(17(19)20)12(15-7-9)16-8-10-4-2-3-5-14-10/h2-7H,8H2,1H3,(H,15,16). The van der Waals surface area contributed by atoms with Crippen LogP contribution in [-0.2, 0) is 11.3 Å². The van der Waals surface area contributed by atoms with Gasteiger partial charge in [-0.15, -0.1) is 0 Å². The monoisotopic (exact) mass is 288 g/mol. The molecule has 0 saturated heterocycles. The van der Waals surface area contributed by atoms with Crippen LogP contribution in [0.4, 0.5) is 11.5 Å². The molecule has 2 rings (SSSR count). The second kappa shape index (κ2) is 6.42. The Balaban J connectivity index is 2.22. The van der Waals surface area contributed by atoms with Gasteiger partial charge in [0.1, 0.15) is 0 Å². The summed E-state index contributed by atoms with van der Waals surface area (Å²) in [5, 5.41) is 13.9. The number of nitrogens with zero attached hydrogens (tertiary/aromatic N) is 3. The maximum atomic E-state index is 11.4. The van der Waals surface area contributed by atoms with Crippen molar-refractivity contribution in [1.82, 2.24) is 9.97 Å². The molecular formula is C13H12N4O4. The van der Waals surface area contributed by atoms with Crippen molar-refractivity contribution in [2.45, 2.75) is 6.54 Å². The van der Waals surface area contributed by atoms with Crippen LogP contribution in [0, 0.1) is 10.1 Å². The van der Waals surface area contributed by atoms with Gasteiger partial charge in [0.05, 0.1) is 29.8 Å². The predicted octanol–water partition coefficient (Wildman–Crippen LogP) is 1.78. The maximum Gasteiger partial charge on any atom is 0.339 e. The minimum absolute atomic E-state index is 0.0209. The summed E-state index contributed by atoms with van der Waals surface area (Å²) >= 11 is 0. The molecule has 0 fully saturated rings. The lowest BCUT2D eigenvalue weighted by atomic mass is 10.2. The molecule has 0 amide bonds. The molecule has 1 N–H and O–H groups in total. The molecule has 0 spiro atoms. The van der Waals surface area contributed by atoms with Gasteiger partial charge >= 0.3 is 11.7 Å². The lowest BCUT2D eigenvalue weighted by Crippen LogP contribution is -2.08. The molecule has 0 aromatic carbocycles. The molecule has 0 atom stereocenters. The molecule has 2 heterocycles. The number of nitro groups is 1. The van der Waals surface area contributed by atoms with Gasteiger partial charge in [0.25, 0.3) is 0 Å². The van der Waals surface area contributed by atoms with E-state index in [2.05, 4.69) is 20.0 Å². The van der Waals surface area contributed by atoms with Crippen LogP contribution >= 0.6 is 0 Å². The molecule has 0 radical (unpaired) electrons. The number of carbonyl (C=O) groups is 1. The van der Waals surface area contributed by atoms with Crippen LogP contribution in [0.5, 0.6) is 0 Å². The van der Waals surface area contributed by atoms with Gasteiger partial charge in [0.15, 0.2) is 0 Å². The van der Waals surface area contributed by atoms with Crippen LogP contribution in [0.3, 0.4) is 0 Å². The molecule has 2 aromatic rings. The van der Waals surface area contributed by atoms with E-state index in [1.807, 2.05) is 6.07 Å². The largest absolute Gasteiger partial charge is 0.465 e. The molecule has 0 aliphatic heterocycles. The van der Waals surface area contributed by atoms with E-state index in [4.69, 9.17) is 0 Å². The third-order valence-electron chi connectivity index (χ3n) is 2.65. The van der Waals surface area contributed by atoms with Gasteiger partial charge in [-0.05, 0) is 12.1 Å². The lowest BCUT2D eigenvalue weighted by Gasteiger charge is -2.06.